The Kier molecular flexibility index (Phi) is 7.64. The van der Waals surface area contributed by atoms with Crippen molar-refractivity contribution in [1.82, 2.24) is 10.2 Å². The Morgan fingerprint density at radius 1 is 1.26 bits per heavy atom. The summed E-state index contributed by atoms with van der Waals surface area (Å²) in [4.78, 5) is 42.6. The Balaban J connectivity index is 1.69. The number of fused-ring (bicyclic) bond motifs is 1. The number of hydrogen-bond acceptors (Lipinski definition) is 5. The van der Waals surface area contributed by atoms with Gasteiger partial charge in [0.2, 0.25) is 17.7 Å². The molecule has 9 heteroatoms. The summed E-state index contributed by atoms with van der Waals surface area (Å²) < 4.78 is -0.648. The zero-order valence-corrected chi connectivity index (χ0v) is 22.4. The van der Waals surface area contributed by atoms with E-state index in [2.05, 4.69) is 26.6 Å². The number of alkyl halides is 1. The highest BCUT2D eigenvalue weighted by Crippen LogP contribution is 2.67. The average Bonchev–Trinajstić information content (AvgIpc) is 3.38. The maximum atomic E-state index is 13.9. The Labute approximate surface area is 213 Å². The van der Waals surface area contributed by atoms with E-state index in [0.29, 0.717) is 32.4 Å². The predicted octanol–water partition coefficient (Wildman–Crippen LogP) is 3.01. The van der Waals surface area contributed by atoms with Crippen LogP contribution in [-0.4, -0.2) is 68.3 Å². The van der Waals surface area contributed by atoms with E-state index >= 15 is 0 Å². The van der Waals surface area contributed by atoms with Crippen molar-refractivity contribution in [2.24, 2.45) is 11.8 Å². The van der Waals surface area contributed by atoms with Crippen LogP contribution in [0.3, 0.4) is 0 Å². The van der Waals surface area contributed by atoms with Crippen LogP contribution in [0, 0.1) is 25.7 Å². The van der Waals surface area contributed by atoms with E-state index in [0.717, 1.165) is 23.2 Å². The number of nitrogens with one attached hydrogen (secondary N) is 2. The topological polar surface area (TPSA) is 98.7 Å². The molecule has 3 aliphatic rings. The first kappa shape index (κ1) is 25.5. The lowest BCUT2D eigenvalue weighted by Gasteiger charge is -2.35. The fraction of sp³-hybridized carbons (Fsp3) is 0.640. The SMILES string of the molecule is CCCNC(=O)[C@H]1[C@@H]2SC3(CC2Br)C(C(=O)Nc2cc(C)ccc2C)N(CCCCO)C(=O)[C@H]13. The van der Waals surface area contributed by atoms with Gasteiger partial charge >= 0.3 is 0 Å². The molecule has 4 rings (SSSR count). The number of carbonyl (C=O) groups excluding carboxylic acids is 3. The fourth-order valence-corrected chi connectivity index (χ4v) is 9.42. The Morgan fingerprint density at radius 2 is 2.03 bits per heavy atom. The summed E-state index contributed by atoms with van der Waals surface area (Å²) in [6.45, 7) is 6.94. The summed E-state index contributed by atoms with van der Waals surface area (Å²) in [6, 6.07) is 5.26. The molecule has 3 saturated heterocycles. The van der Waals surface area contributed by atoms with Gasteiger partial charge in [-0.05, 0) is 56.7 Å². The van der Waals surface area contributed by atoms with Crippen molar-refractivity contribution in [3.63, 3.8) is 0 Å². The number of aryl methyl sites for hydroxylation is 2. The summed E-state index contributed by atoms with van der Waals surface area (Å²) in [7, 11) is 0. The largest absolute Gasteiger partial charge is 0.396 e. The second kappa shape index (κ2) is 10.2. The Hall–Kier alpha value is -1.58. The van der Waals surface area contributed by atoms with Gasteiger partial charge in [0.1, 0.15) is 6.04 Å². The monoisotopic (exact) mass is 551 g/mol. The van der Waals surface area contributed by atoms with Crippen LogP contribution in [0.4, 0.5) is 5.69 Å². The van der Waals surface area contributed by atoms with Gasteiger partial charge < -0.3 is 20.6 Å². The zero-order chi connectivity index (χ0) is 24.6. The lowest BCUT2D eigenvalue weighted by atomic mass is 9.70. The molecule has 3 heterocycles. The highest BCUT2D eigenvalue weighted by atomic mass is 79.9. The molecule has 3 fully saturated rings. The van der Waals surface area contributed by atoms with Gasteiger partial charge in [-0.25, -0.2) is 0 Å². The number of nitrogens with zero attached hydrogens (tertiary/aromatic N) is 1. The molecule has 0 aromatic heterocycles. The van der Waals surface area contributed by atoms with Crippen LogP contribution in [0.25, 0.3) is 0 Å². The summed E-state index contributed by atoms with van der Waals surface area (Å²) in [5.74, 6) is -1.37. The average molecular weight is 553 g/mol. The second-order valence-electron chi connectivity index (χ2n) is 9.72. The minimum atomic E-state index is -0.664. The van der Waals surface area contributed by atoms with Crippen LogP contribution in [-0.2, 0) is 14.4 Å². The molecule has 7 nitrogen and oxygen atoms in total. The van der Waals surface area contributed by atoms with E-state index in [1.165, 1.54) is 0 Å². The van der Waals surface area contributed by atoms with Crippen molar-refractivity contribution in [3.8, 4) is 0 Å². The van der Waals surface area contributed by atoms with Gasteiger partial charge in [-0.1, -0.05) is 35.0 Å². The number of anilines is 1. The fourth-order valence-electron chi connectivity index (χ4n) is 5.80. The van der Waals surface area contributed by atoms with Crippen LogP contribution in [0.15, 0.2) is 18.2 Å². The van der Waals surface area contributed by atoms with E-state index in [4.69, 9.17) is 0 Å². The highest BCUT2D eigenvalue weighted by Gasteiger charge is 2.75. The molecular weight excluding hydrogens is 518 g/mol. The number of thioether (sulfide) groups is 1. The number of hydrogen-bond donors (Lipinski definition) is 3. The van der Waals surface area contributed by atoms with Crippen molar-refractivity contribution in [2.45, 2.75) is 67.3 Å². The van der Waals surface area contributed by atoms with Crippen molar-refractivity contribution < 1.29 is 19.5 Å². The number of aliphatic hydroxyl groups excluding tert-OH is 1. The number of rotatable bonds is 9. The van der Waals surface area contributed by atoms with E-state index in [1.54, 1.807) is 16.7 Å². The lowest BCUT2D eigenvalue weighted by Crippen LogP contribution is -2.53. The molecule has 1 aromatic rings. The first-order chi connectivity index (χ1) is 16.2. The Morgan fingerprint density at radius 3 is 2.74 bits per heavy atom. The number of unbranched alkanes of at least 4 members (excludes halogenated alkanes) is 1. The number of halogens is 1. The molecular formula is C25H34BrN3O4S. The second-order valence-corrected chi connectivity index (χ2v) is 12.4. The molecule has 1 aromatic carbocycles. The summed E-state index contributed by atoms with van der Waals surface area (Å²) >= 11 is 5.42. The van der Waals surface area contributed by atoms with Crippen LogP contribution in [0.1, 0.15) is 43.7 Å². The predicted molar refractivity (Wildman–Crippen MR) is 138 cm³/mol. The molecule has 2 bridgehead atoms. The molecule has 0 radical (unpaired) electrons. The molecule has 186 valence electrons. The third-order valence-electron chi connectivity index (χ3n) is 7.35. The number of carbonyl (C=O) groups is 3. The van der Waals surface area contributed by atoms with E-state index in [1.807, 2.05) is 39.0 Å². The number of amides is 3. The lowest BCUT2D eigenvalue weighted by molar-refractivity contribution is -0.139. The molecule has 0 saturated carbocycles. The standard InChI is InChI=1S/C25H34BrN3O4S/c1-4-9-27-22(31)18-19-24(33)29(10-5-6-11-30)21(25(19)13-16(26)20(18)34-25)23(32)28-17-12-14(2)7-8-15(17)3/h7-8,12,16,18-21,30H,4-6,9-11,13H2,1-3H3,(H,27,31)(H,28,32)/t16?,18-,19+,20-,21?,25?/m1/s1. The number of likely N-dealkylation sites (tertiary alicyclic amines) is 1. The first-order valence-electron chi connectivity index (χ1n) is 12.1. The molecule has 3 N–H and O–H groups in total. The van der Waals surface area contributed by atoms with Gasteiger partial charge in [-0.15, -0.1) is 11.8 Å². The molecule has 1 spiro atoms. The van der Waals surface area contributed by atoms with Crippen molar-refractivity contribution in [3.05, 3.63) is 29.3 Å². The summed E-state index contributed by atoms with van der Waals surface area (Å²) in [5, 5.41) is 15.3. The maximum absolute atomic E-state index is 13.9. The molecule has 3 aliphatic heterocycles. The number of benzene rings is 1. The molecule has 3 amide bonds. The van der Waals surface area contributed by atoms with Crippen LogP contribution in [0.2, 0.25) is 0 Å². The molecule has 3 unspecified atom stereocenters. The molecule has 34 heavy (non-hydrogen) atoms. The minimum Gasteiger partial charge on any atom is -0.396 e. The summed E-state index contributed by atoms with van der Waals surface area (Å²) in [6.07, 6.45) is 2.66. The van der Waals surface area contributed by atoms with Crippen LogP contribution in [0.5, 0.6) is 0 Å². The van der Waals surface area contributed by atoms with Gasteiger partial charge in [0.05, 0.1) is 16.6 Å². The Bertz CT molecular complexity index is 975. The molecule has 6 atom stereocenters. The minimum absolute atomic E-state index is 0.0400. The van der Waals surface area contributed by atoms with Gasteiger partial charge in [0.25, 0.3) is 0 Å². The van der Waals surface area contributed by atoms with Gasteiger partial charge in [0.15, 0.2) is 0 Å². The van der Waals surface area contributed by atoms with Crippen molar-refractivity contribution in [1.29, 1.82) is 0 Å². The van der Waals surface area contributed by atoms with Gasteiger partial charge in [-0.3, -0.25) is 14.4 Å². The normalized spacial score (nSPS) is 31.6. The van der Waals surface area contributed by atoms with Crippen molar-refractivity contribution in [2.75, 3.05) is 25.0 Å². The van der Waals surface area contributed by atoms with Gasteiger partial charge in [0, 0.05) is 35.5 Å². The van der Waals surface area contributed by atoms with Gasteiger partial charge in [-0.2, -0.15) is 0 Å². The third-order valence-corrected chi connectivity index (χ3v) is 10.6. The van der Waals surface area contributed by atoms with Crippen molar-refractivity contribution >= 4 is 51.1 Å². The van der Waals surface area contributed by atoms with E-state index < -0.39 is 22.6 Å². The quantitative estimate of drug-likeness (QED) is 0.323. The van der Waals surface area contributed by atoms with E-state index in [9.17, 15) is 19.5 Å². The maximum Gasteiger partial charge on any atom is 0.248 e. The third kappa shape index (κ3) is 4.28. The van der Waals surface area contributed by atoms with Crippen LogP contribution >= 0.6 is 27.7 Å². The first-order valence-corrected chi connectivity index (χ1v) is 13.9. The smallest absolute Gasteiger partial charge is 0.248 e. The highest BCUT2D eigenvalue weighted by molar-refractivity contribution is 9.09. The zero-order valence-electron chi connectivity index (χ0n) is 20.0. The molecule has 0 aliphatic carbocycles. The van der Waals surface area contributed by atoms with Crippen LogP contribution < -0.4 is 10.6 Å². The summed E-state index contributed by atoms with van der Waals surface area (Å²) in [5.41, 5.74) is 2.75. The number of aliphatic hydroxyl groups is 1. The van der Waals surface area contributed by atoms with E-state index in [-0.39, 0.29) is 34.4 Å².